The fraction of sp³-hybridized carbons (Fsp3) is 0.727. The molecule has 3 rings (SSSR count). The van der Waals surface area contributed by atoms with Crippen molar-refractivity contribution in [1.29, 1.82) is 0 Å². The summed E-state index contributed by atoms with van der Waals surface area (Å²) in [6.45, 7) is 8.52. The molecule has 3 aliphatic heterocycles. The van der Waals surface area contributed by atoms with Gasteiger partial charge in [0.25, 0.3) is 0 Å². The number of nitrogens with zero attached hydrogens (tertiary/aromatic N) is 2. The number of piperidine rings is 1. The van der Waals surface area contributed by atoms with Crippen LogP contribution in [0.1, 0.15) is 19.8 Å². The van der Waals surface area contributed by atoms with E-state index in [0.29, 0.717) is 24.4 Å². The van der Waals surface area contributed by atoms with Crippen molar-refractivity contribution in [3.05, 3.63) is 12.7 Å². The number of piperazine rings is 1. The van der Waals surface area contributed by atoms with E-state index in [0.717, 1.165) is 19.6 Å². The monoisotopic (exact) mass is 194 g/mol. The maximum atomic E-state index is 11.5. The highest BCUT2D eigenvalue weighted by atomic mass is 16.2. The summed E-state index contributed by atoms with van der Waals surface area (Å²) in [6.07, 6.45) is 3.86. The number of rotatable bonds is 3. The zero-order valence-electron chi connectivity index (χ0n) is 8.78. The van der Waals surface area contributed by atoms with Gasteiger partial charge >= 0.3 is 0 Å². The molecule has 2 bridgehead atoms. The van der Waals surface area contributed by atoms with Gasteiger partial charge in [0.05, 0.1) is 0 Å². The Morgan fingerprint density at radius 2 is 2.14 bits per heavy atom. The predicted octanol–water partition coefficient (Wildman–Crippen LogP) is 0.867. The highest BCUT2D eigenvalue weighted by molar-refractivity contribution is 5.76. The Bertz CT molecular complexity index is 240. The van der Waals surface area contributed by atoms with E-state index in [1.807, 2.05) is 17.9 Å². The Kier molecular flexibility index (Phi) is 2.59. The summed E-state index contributed by atoms with van der Waals surface area (Å²) in [5.74, 6) is 0.304. The smallest absolute Gasteiger partial charge is 0.222 e. The van der Waals surface area contributed by atoms with Gasteiger partial charge < -0.3 is 4.90 Å². The molecule has 1 amide bonds. The minimum atomic E-state index is 0.304. The van der Waals surface area contributed by atoms with Crippen molar-refractivity contribution in [1.82, 2.24) is 9.80 Å². The Morgan fingerprint density at radius 3 is 2.64 bits per heavy atom. The molecule has 0 aromatic carbocycles. The predicted molar refractivity (Wildman–Crippen MR) is 56.0 cm³/mol. The van der Waals surface area contributed by atoms with Crippen LogP contribution in [0.25, 0.3) is 0 Å². The molecule has 3 heteroatoms. The Labute approximate surface area is 85.4 Å². The largest absolute Gasteiger partial charge is 0.340 e. The molecule has 3 aliphatic rings. The van der Waals surface area contributed by atoms with Crippen LogP contribution in [0.4, 0.5) is 0 Å². The topological polar surface area (TPSA) is 23.6 Å². The molecule has 2 atom stereocenters. The molecule has 14 heavy (non-hydrogen) atoms. The maximum absolute atomic E-state index is 11.5. The standard InChI is InChI=1S/C11H18N2O/c1-3-5-13-9-6-10(13)8-12(7-9)11(14)4-2/h3,9-10H,1,4-8H2,2H3. The first-order valence-electron chi connectivity index (χ1n) is 5.40. The van der Waals surface area contributed by atoms with Crippen LogP contribution in [-0.2, 0) is 4.79 Å². The molecule has 0 aromatic heterocycles. The third-order valence-electron chi connectivity index (χ3n) is 3.34. The minimum absolute atomic E-state index is 0.304. The second-order valence-corrected chi connectivity index (χ2v) is 4.18. The van der Waals surface area contributed by atoms with Gasteiger partial charge in [-0.25, -0.2) is 0 Å². The van der Waals surface area contributed by atoms with Crippen LogP contribution in [0.3, 0.4) is 0 Å². The summed E-state index contributed by atoms with van der Waals surface area (Å²) >= 11 is 0. The maximum Gasteiger partial charge on any atom is 0.222 e. The minimum Gasteiger partial charge on any atom is -0.340 e. The Balaban J connectivity index is 1.91. The third kappa shape index (κ3) is 1.46. The van der Waals surface area contributed by atoms with E-state index in [1.165, 1.54) is 6.42 Å². The van der Waals surface area contributed by atoms with Gasteiger partial charge in [-0.05, 0) is 6.42 Å². The SMILES string of the molecule is C=CCN1C2CC1CN(C(=O)CC)C2. The summed E-state index contributed by atoms with van der Waals surface area (Å²) in [5, 5.41) is 0. The summed E-state index contributed by atoms with van der Waals surface area (Å²) in [4.78, 5) is 15.9. The van der Waals surface area contributed by atoms with E-state index >= 15 is 0 Å². The summed E-state index contributed by atoms with van der Waals surface area (Å²) < 4.78 is 0. The lowest BCUT2D eigenvalue weighted by molar-refractivity contribution is -0.142. The lowest BCUT2D eigenvalue weighted by Crippen LogP contribution is -2.69. The number of carbonyl (C=O) groups is 1. The third-order valence-corrected chi connectivity index (χ3v) is 3.34. The van der Waals surface area contributed by atoms with Gasteiger partial charge in [0.2, 0.25) is 5.91 Å². The molecule has 0 aliphatic carbocycles. The van der Waals surface area contributed by atoms with Crippen LogP contribution in [-0.4, -0.2) is 47.4 Å². The first kappa shape index (κ1) is 9.71. The molecule has 78 valence electrons. The number of hydrogen-bond acceptors (Lipinski definition) is 2. The fourth-order valence-electron chi connectivity index (χ4n) is 2.56. The van der Waals surface area contributed by atoms with Crippen molar-refractivity contribution in [2.24, 2.45) is 0 Å². The van der Waals surface area contributed by atoms with E-state index in [1.54, 1.807) is 0 Å². The molecule has 0 radical (unpaired) electrons. The normalized spacial score (nSPS) is 31.1. The molecule has 2 unspecified atom stereocenters. The van der Waals surface area contributed by atoms with Crippen LogP contribution in [0.5, 0.6) is 0 Å². The Morgan fingerprint density at radius 1 is 1.50 bits per heavy atom. The first-order chi connectivity index (χ1) is 6.76. The van der Waals surface area contributed by atoms with Crippen molar-refractivity contribution in [3.8, 4) is 0 Å². The van der Waals surface area contributed by atoms with Gasteiger partial charge in [-0.1, -0.05) is 13.0 Å². The quantitative estimate of drug-likeness (QED) is 0.622. The zero-order valence-corrected chi connectivity index (χ0v) is 8.78. The molecule has 0 aromatic rings. The van der Waals surface area contributed by atoms with Gasteiger partial charge in [0.15, 0.2) is 0 Å². The molecule has 0 saturated carbocycles. The molecule has 0 N–H and O–H groups in total. The van der Waals surface area contributed by atoms with Crippen molar-refractivity contribution >= 4 is 5.91 Å². The molecular weight excluding hydrogens is 176 g/mol. The van der Waals surface area contributed by atoms with E-state index in [2.05, 4.69) is 11.5 Å². The summed E-state index contributed by atoms with van der Waals surface area (Å²) in [5.41, 5.74) is 0. The van der Waals surface area contributed by atoms with Gasteiger partial charge in [-0.3, -0.25) is 9.69 Å². The van der Waals surface area contributed by atoms with Gasteiger partial charge in [0.1, 0.15) is 0 Å². The second-order valence-electron chi connectivity index (χ2n) is 4.18. The number of fused-ring (bicyclic) bond motifs is 2. The average molecular weight is 194 g/mol. The van der Waals surface area contributed by atoms with Gasteiger partial charge in [-0.2, -0.15) is 0 Å². The highest BCUT2D eigenvalue weighted by Gasteiger charge is 2.44. The fourth-order valence-corrected chi connectivity index (χ4v) is 2.56. The van der Waals surface area contributed by atoms with Crippen molar-refractivity contribution in [3.63, 3.8) is 0 Å². The average Bonchev–Trinajstić information content (AvgIpc) is 2.24. The first-order valence-corrected chi connectivity index (χ1v) is 5.40. The zero-order chi connectivity index (χ0) is 10.1. The highest BCUT2D eigenvalue weighted by Crippen LogP contribution is 2.31. The van der Waals surface area contributed by atoms with Gasteiger partial charge in [0, 0.05) is 38.1 Å². The molecule has 3 fully saturated rings. The van der Waals surface area contributed by atoms with Crippen molar-refractivity contribution in [2.75, 3.05) is 19.6 Å². The second kappa shape index (κ2) is 3.73. The molecule has 3 heterocycles. The van der Waals surface area contributed by atoms with Crippen LogP contribution < -0.4 is 0 Å². The number of carbonyl (C=O) groups excluding carboxylic acids is 1. The van der Waals surface area contributed by atoms with Crippen LogP contribution in [0, 0.1) is 0 Å². The van der Waals surface area contributed by atoms with Crippen LogP contribution in [0.15, 0.2) is 12.7 Å². The molecular formula is C11H18N2O. The number of hydrogen-bond donors (Lipinski definition) is 0. The molecule has 3 nitrogen and oxygen atoms in total. The van der Waals surface area contributed by atoms with E-state index in [9.17, 15) is 4.79 Å². The summed E-state index contributed by atoms with van der Waals surface area (Å²) in [6, 6.07) is 1.20. The molecule has 0 spiro atoms. The number of amides is 1. The van der Waals surface area contributed by atoms with E-state index in [-0.39, 0.29) is 0 Å². The van der Waals surface area contributed by atoms with Crippen LogP contribution in [0.2, 0.25) is 0 Å². The lowest BCUT2D eigenvalue weighted by atomic mass is 9.87. The van der Waals surface area contributed by atoms with Crippen molar-refractivity contribution < 1.29 is 4.79 Å². The molecule has 3 saturated heterocycles. The van der Waals surface area contributed by atoms with Crippen LogP contribution >= 0.6 is 0 Å². The van der Waals surface area contributed by atoms with E-state index < -0.39 is 0 Å². The Hall–Kier alpha value is -0.830. The lowest BCUT2D eigenvalue weighted by Gasteiger charge is -2.56. The van der Waals surface area contributed by atoms with E-state index in [4.69, 9.17) is 0 Å². The summed E-state index contributed by atoms with van der Waals surface area (Å²) in [7, 11) is 0. The van der Waals surface area contributed by atoms with Crippen molar-refractivity contribution in [2.45, 2.75) is 31.8 Å². The van der Waals surface area contributed by atoms with Gasteiger partial charge in [-0.15, -0.1) is 6.58 Å².